The Morgan fingerprint density at radius 1 is 1.45 bits per heavy atom. The van der Waals surface area contributed by atoms with Gasteiger partial charge >= 0.3 is 0 Å². The number of aromatic nitrogens is 2. The van der Waals surface area contributed by atoms with Crippen molar-refractivity contribution in [2.24, 2.45) is 5.92 Å². The van der Waals surface area contributed by atoms with E-state index in [4.69, 9.17) is 0 Å². The van der Waals surface area contributed by atoms with Gasteiger partial charge in [0.05, 0.1) is 0 Å². The number of amides is 1. The average molecular weight is 276 g/mol. The molecule has 5 nitrogen and oxygen atoms in total. The Morgan fingerprint density at radius 3 is 2.80 bits per heavy atom. The molecule has 1 saturated carbocycles. The van der Waals surface area contributed by atoms with Crippen LogP contribution in [0.1, 0.15) is 55.8 Å². The normalized spacial score (nSPS) is 27.2. The molecule has 1 aliphatic carbocycles. The van der Waals surface area contributed by atoms with E-state index in [9.17, 15) is 4.79 Å². The summed E-state index contributed by atoms with van der Waals surface area (Å²) in [4.78, 5) is 22.2. The molecule has 1 aliphatic heterocycles. The third-order valence-electron chi connectivity index (χ3n) is 4.48. The molecule has 0 aromatic carbocycles. The Labute approximate surface area is 120 Å². The Hall–Kier alpha value is -1.36. The van der Waals surface area contributed by atoms with E-state index in [2.05, 4.69) is 41.0 Å². The first-order valence-electron chi connectivity index (χ1n) is 7.65. The van der Waals surface area contributed by atoms with E-state index in [-0.39, 0.29) is 11.9 Å². The second-order valence-electron chi connectivity index (χ2n) is 6.55. The summed E-state index contributed by atoms with van der Waals surface area (Å²) >= 11 is 0. The number of nitrogens with zero attached hydrogens (tertiary/aromatic N) is 2. The van der Waals surface area contributed by atoms with E-state index in [1.807, 2.05) is 0 Å². The smallest absolute Gasteiger partial charge is 0.271 e. The van der Waals surface area contributed by atoms with Crippen LogP contribution >= 0.6 is 0 Å². The fourth-order valence-electron chi connectivity index (χ4n) is 2.87. The summed E-state index contributed by atoms with van der Waals surface area (Å²) in [7, 11) is 0. The standard InChI is InChI=1S/C15H24N4O/c1-9(2)19-7-10(3)13(8-19)18-15(20)12-6-16-14(17-12)11-4-5-11/h6,9-11,13H,4-5,7-8H2,1-3H3,(H,16,17)(H,18,20)/t10-,13+/m1/s1. The number of imidazole rings is 1. The van der Waals surface area contributed by atoms with Gasteiger partial charge in [-0.3, -0.25) is 9.69 Å². The first-order valence-corrected chi connectivity index (χ1v) is 7.65. The van der Waals surface area contributed by atoms with Crippen LogP contribution in [0.3, 0.4) is 0 Å². The summed E-state index contributed by atoms with van der Waals surface area (Å²) < 4.78 is 0. The molecule has 2 aliphatic rings. The van der Waals surface area contributed by atoms with Crippen LogP contribution in [0, 0.1) is 5.92 Å². The molecule has 1 saturated heterocycles. The summed E-state index contributed by atoms with van der Waals surface area (Å²) in [6.07, 6.45) is 4.12. The third kappa shape index (κ3) is 2.73. The van der Waals surface area contributed by atoms with Crippen LogP contribution < -0.4 is 5.32 Å². The highest BCUT2D eigenvalue weighted by atomic mass is 16.2. The topological polar surface area (TPSA) is 61.0 Å². The van der Waals surface area contributed by atoms with Gasteiger partial charge in [-0.25, -0.2) is 4.98 Å². The number of nitrogens with one attached hydrogen (secondary N) is 2. The van der Waals surface area contributed by atoms with Gasteiger partial charge in [0, 0.05) is 37.3 Å². The van der Waals surface area contributed by atoms with Crippen LogP contribution in [0.2, 0.25) is 0 Å². The first kappa shape index (κ1) is 13.6. The molecular formula is C15H24N4O. The van der Waals surface area contributed by atoms with E-state index in [1.165, 1.54) is 12.8 Å². The van der Waals surface area contributed by atoms with Gasteiger partial charge < -0.3 is 10.3 Å². The van der Waals surface area contributed by atoms with Gasteiger partial charge in [-0.15, -0.1) is 0 Å². The number of aromatic amines is 1. The quantitative estimate of drug-likeness (QED) is 0.880. The summed E-state index contributed by atoms with van der Waals surface area (Å²) in [5, 5.41) is 3.14. The van der Waals surface area contributed by atoms with Crippen LogP contribution in [0.5, 0.6) is 0 Å². The lowest BCUT2D eigenvalue weighted by molar-refractivity contribution is 0.0926. The number of rotatable bonds is 4. The molecule has 2 atom stereocenters. The lowest BCUT2D eigenvalue weighted by atomic mass is 10.1. The molecule has 110 valence electrons. The van der Waals surface area contributed by atoms with Crippen molar-refractivity contribution in [1.82, 2.24) is 20.2 Å². The lowest BCUT2D eigenvalue weighted by Crippen LogP contribution is -2.40. The van der Waals surface area contributed by atoms with Gasteiger partial charge in [-0.05, 0) is 32.6 Å². The van der Waals surface area contributed by atoms with Crippen LogP contribution in [-0.2, 0) is 0 Å². The maximum Gasteiger partial charge on any atom is 0.271 e. The Balaban J connectivity index is 1.60. The van der Waals surface area contributed by atoms with Crippen molar-refractivity contribution in [3.05, 3.63) is 17.7 Å². The van der Waals surface area contributed by atoms with Crippen LogP contribution in [0.4, 0.5) is 0 Å². The highest BCUT2D eigenvalue weighted by Gasteiger charge is 2.33. The van der Waals surface area contributed by atoms with Crippen molar-refractivity contribution in [1.29, 1.82) is 0 Å². The predicted molar refractivity (Wildman–Crippen MR) is 77.7 cm³/mol. The molecule has 1 amide bonds. The number of hydrogen-bond acceptors (Lipinski definition) is 3. The number of likely N-dealkylation sites (tertiary alicyclic amines) is 1. The van der Waals surface area contributed by atoms with Gasteiger partial charge in [0.25, 0.3) is 5.91 Å². The summed E-state index contributed by atoms with van der Waals surface area (Å²) in [6.45, 7) is 8.59. The molecule has 0 spiro atoms. The average Bonchev–Trinajstić information content (AvgIpc) is 3.01. The molecule has 0 unspecified atom stereocenters. The molecule has 0 bridgehead atoms. The number of carbonyl (C=O) groups excluding carboxylic acids is 1. The molecule has 3 rings (SSSR count). The van der Waals surface area contributed by atoms with E-state index in [1.54, 1.807) is 6.20 Å². The molecular weight excluding hydrogens is 252 g/mol. The predicted octanol–water partition coefficient (Wildman–Crippen LogP) is 1.75. The zero-order valence-electron chi connectivity index (χ0n) is 12.5. The fraction of sp³-hybridized carbons (Fsp3) is 0.733. The van der Waals surface area contributed by atoms with Crippen molar-refractivity contribution in [3.8, 4) is 0 Å². The number of carbonyl (C=O) groups is 1. The molecule has 1 aromatic rings. The molecule has 5 heteroatoms. The third-order valence-corrected chi connectivity index (χ3v) is 4.48. The number of hydrogen-bond donors (Lipinski definition) is 2. The van der Waals surface area contributed by atoms with Crippen LogP contribution in [-0.4, -0.2) is 45.9 Å². The zero-order valence-corrected chi connectivity index (χ0v) is 12.5. The van der Waals surface area contributed by atoms with E-state index in [0.717, 1.165) is 18.9 Å². The first-order chi connectivity index (χ1) is 9.54. The van der Waals surface area contributed by atoms with Crippen molar-refractivity contribution in [3.63, 3.8) is 0 Å². The van der Waals surface area contributed by atoms with Crippen LogP contribution in [0.25, 0.3) is 0 Å². The molecule has 0 radical (unpaired) electrons. The van der Waals surface area contributed by atoms with Crippen molar-refractivity contribution >= 4 is 5.91 Å². The summed E-state index contributed by atoms with van der Waals surface area (Å²) in [5.74, 6) is 1.97. The largest absolute Gasteiger partial charge is 0.348 e. The van der Waals surface area contributed by atoms with Gasteiger partial charge in [0.1, 0.15) is 11.5 Å². The second kappa shape index (κ2) is 5.20. The van der Waals surface area contributed by atoms with E-state index < -0.39 is 0 Å². The van der Waals surface area contributed by atoms with Gasteiger partial charge in [-0.2, -0.15) is 0 Å². The molecule has 2 heterocycles. The van der Waals surface area contributed by atoms with E-state index >= 15 is 0 Å². The Morgan fingerprint density at radius 2 is 2.20 bits per heavy atom. The molecule has 2 fully saturated rings. The minimum atomic E-state index is -0.0457. The summed E-state index contributed by atoms with van der Waals surface area (Å²) in [5.41, 5.74) is 0.530. The maximum absolute atomic E-state index is 12.3. The highest BCUT2D eigenvalue weighted by molar-refractivity contribution is 5.92. The highest BCUT2D eigenvalue weighted by Crippen LogP contribution is 2.38. The second-order valence-corrected chi connectivity index (χ2v) is 6.55. The summed E-state index contributed by atoms with van der Waals surface area (Å²) in [6, 6.07) is 0.761. The van der Waals surface area contributed by atoms with Crippen molar-refractivity contribution in [2.75, 3.05) is 13.1 Å². The zero-order chi connectivity index (χ0) is 14.3. The van der Waals surface area contributed by atoms with Gasteiger partial charge in [0.15, 0.2) is 0 Å². The molecule has 1 aromatic heterocycles. The Bertz CT molecular complexity index is 492. The molecule has 2 N–H and O–H groups in total. The van der Waals surface area contributed by atoms with E-state index in [0.29, 0.717) is 23.6 Å². The minimum Gasteiger partial charge on any atom is -0.348 e. The van der Waals surface area contributed by atoms with Crippen LogP contribution in [0.15, 0.2) is 6.20 Å². The fourth-order valence-corrected chi connectivity index (χ4v) is 2.87. The Kier molecular flexibility index (Phi) is 3.54. The van der Waals surface area contributed by atoms with Gasteiger partial charge in [0.2, 0.25) is 0 Å². The van der Waals surface area contributed by atoms with Gasteiger partial charge in [-0.1, -0.05) is 6.92 Å². The minimum absolute atomic E-state index is 0.0457. The number of H-pyrrole nitrogens is 1. The lowest BCUT2D eigenvalue weighted by Gasteiger charge is -2.20. The van der Waals surface area contributed by atoms with Crippen molar-refractivity contribution in [2.45, 2.75) is 51.6 Å². The molecule has 20 heavy (non-hydrogen) atoms. The SMILES string of the molecule is CC(C)N1C[C@@H](C)[C@@H](NC(=O)c2c[nH]c(C3CC3)n2)C1. The van der Waals surface area contributed by atoms with Crippen molar-refractivity contribution < 1.29 is 4.79 Å². The maximum atomic E-state index is 12.3. The monoisotopic (exact) mass is 276 g/mol.